The fraction of sp³-hybridized carbons (Fsp3) is 0.211. The van der Waals surface area contributed by atoms with E-state index in [1.807, 2.05) is 0 Å². The number of nitrogens with zero attached hydrogens (tertiary/aromatic N) is 1. The Morgan fingerprint density at radius 2 is 1.93 bits per heavy atom. The van der Waals surface area contributed by atoms with Crippen LogP contribution < -0.4 is 10.6 Å². The van der Waals surface area contributed by atoms with Gasteiger partial charge in [0.25, 0.3) is 5.91 Å². The number of benzene rings is 1. The summed E-state index contributed by atoms with van der Waals surface area (Å²) in [4.78, 5) is 24.8. The largest absolute Gasteiger partial charge is 0.463 e. The van der Waals surface area contributed by atoms with Gasteiger partial charge in [-0.25, -0.2) is 8.78 Å². The second-order valence-corrected chi connectivity index (χ2v) is 6.68. The summed E-state index contributed by atoms with van der Waals surface area (Å²) in [5.74, 6) is -1.53. The number of nitrogens with one attached hydrogen (secondary N) is 3. The Morgan fingerprint density at radius 3 is 2.57 bits per heavy atom. The van der Waals surface area contributed by atoms with Crippen LogP contribution >= 0.6 is 0 Å². The maximum atomic E-state index is 13.3. The summed E-state index contributed by atoms with van der Waals surface area (Å²) >= 11 is 0. The SMILES string of the molecule is O=C(Cc1cc(F)cc(F)c1)NC1(C(=O)Nc2cc(-c3ccco3)[nH]n2)CC1. The predicted molar refractivity (Wildman–Crippen MR) is 95.1 cm³/mol. The van der Waals surface area contributed by atoms with E-state index in [0.29, 0.717) is 30.1 Å². The van der Waals surface area contributed by atoms with E-state index in [4.69, 9.17) is 4.42 Å². The molecule has 28 heavy (non-hydrogen) atoms. The van der Waals surface area contributed by atoms with E-state index < -0.39 is 29.0 Å². The van der Waals surface area contributed by atoms with Gasteiger partial charge in [0.15, 0.2) is 11.6 Å². The van der Waals surface area contributed by atoms with E-state index >= 15 is 0 Å². The van der Waals surface area contributed by atoms with Crippen LogP contribution in [0.1, 0.15) is 18.4 Å². The van der Waals surface area contributed by atoms with Crippen molar-refractivity contribution in [1.29, 1.82) is 0 Å². The van der Waals surface area contributed by atoms with Crippen molar-refractivity contribution in [2.75, 3.05) is 5.32 Å². The van der Waals surface area contributed by atoms with Gasteiger partial charge >= 0.3 is 0 Å². The van der Waals surface area contributed by atoms with Crippen LogP contribution in [-0.2, 0) is 16.0 Å². The van der Waals surface area contributed by atoms with Gasteiger partial charge in [0.05, 0.1) is 12.7 Å². The van der Waals surface area contributed by atoms with Gasteiger partial charge in [0.1, 0.15) is 22.9 Å². The highest BCUT2D eigenvalue weighted by atomic mass is 19.1. The normalized spacial score (nSPS) is 14.5. The number of aromatic nitrogens is 2. The molecule has 0 atom stereocenters. The molecule has 9 heteroatoms. The lowest BCUT2D eigenvalue weighted by Crippen LogP contribution is -2.46. The number of anilines is 1. The third kappa shape index (κ3) is 3.78. The Kier molecular flexibility index (Phi) is 4.42. The van der Waals surface area contributed by atoms with Crippen LogP contribution in [0.5, 0.6) is 0 Å². The minimum Gasteiger partial charge on any atom is -0.463 e. The first-order valence-corrected chi connectivity index (χ1v) is 8.60. The quantitative estimate of drug-likeness (QED) is 0.606. The Labute approximate surface area is 158 Å². The van der Waals surface area contributed by atoms with Crippen molar-refractivity contribution in [2.45, 2.75) is 24.8 Å². The monoisotopic (exact) mass is 386 g/mol. The van der Waals surface area contributed by atoms with Crippen LogP contribution in [0.4, 0.5) is 14.6 Å². The van der Waals surface area contributed by atoms with E-state index in [2.05, 4.69) is 20.8 Å². The molecule has 0 radical (unpaired) electrons. The second-order valence-electron chi connectivity index (χ2n) is 6.68. The Morgan fingerprint density at radius 1 is 1.18 bits per heavy atom. The number of rotatable bonds is 6. The van der Waals surface area contributed by atoms with Crippen LogP contribution in [-0.4, -0.2) is 27.6 Å². The lowest BCUT2D eigenvalue weighted by molar-refractivity contribution is -0.127. The van der Waals surface area contributed by atoms with E-state index in [1.54, 1.807) is 18.2 Å². The summed E-state index contributed by atoms with van der Waals surface area (Å²) in [6.45, 7) is 0. The zero-order valence-electron chi connectivity index (χ0n) is 14.6. The van der Waals surface area contributed by atoms with Crippen molar-refractivity contribution >= 4 is 17.6 Å². The molecule has 0 aliphatic heterocycles. The van der Waals surface area contributed by atoms with Gasteiger partial charge in [-0.2, -0.15) is 5.10 Å². The van der Waals surface area contributed by atoms with Crippen LogP contribution in [0.3, 0.4) is 0 Å². The van der Waals surface area contributed by atoms with E-state index in [-0.39, 0.29) is 12.0 Å². The first-order chi connectivity index (χ1) is 13.4. The van der Waals surface area contributed by atoms with Gasteiger partial charge < -0.3 is 15.1 Å². The molecule has 3 aromatic rings. The van der Waals surface area contributed by atoms with Crippen molar-refractivity contribution in [3.8, 4) is 11.5 Å². The lowest BCUT2D eigenvalue weighted by atomic mass is 10.1. The summed E-state index contributed by atoms with van der Waals surface area (Å²) in [6, 6.07) is 8.00. The molecule has 1 aliphatic rings. The number of carbonyl (C=O) groups is 2. The third-order valence-electron chi connectivity index (χ3n) is 4.46. The molecule has 0 unspecified atom stereocenters. The fourth-order valence-corrected chi connectivity index (χ4v) is 2.92. The zero-order chi connectivity index (χ0) is 19.7. The first-order valence-electron chi connectivity index (χ1n) is 8.60. The molecule has 1 aliphatic carbocycles. The topological polar surface area (TPSA) is 100 Å². The van der Waals surface area contributed by atoms with Crippen LogP contribution in [0.2, 0.25) is 0 Å². The van der Waals surface area contributed by atoms with E-state index in [0.717, 1.165) is 18.2 Å². The number of furan rings is 1. The predicted octanol–water partition coefficient (Wildman–Crippen LogP) is 2.78. The highest BCUT2D eigenvalue weighted by molar-refractivity contribution is 6.02. The van der Waals surface area contributed by atoms with Gasteiger partial charge in [0, 0.05) is 12.1 Å². The summed E-state index contributed by atoms with van der Waals surface area (Å²) in [6.07, 6.45) is 2.23. The van der Waals surface area contributed by atoms with Crippen LogP contribution in [0, 0.1) is 11.6 Å². The molecule has 1 fully saturated rings. The molecule has 2 aromatic heterocycles. The smallest absolute Gasteiger partial charge is 0.251 e. The van der Waals surface area contributed by atoms with Crippen molar-refractivity contribution in [3.63, 3.8) is 0 Å². The molecule has 2 amide bonds. The minimum atomic E-state index is -1.03. The highest BCUT2D eigenvalue weighted by Gasteiger charge is 2.51. The molecule has 144 valence electrons. The Balaban J connectivity index is 1.38. The highest BCUT2D eigenvalue weighted by Crippen LogP contribution is 2.36. The van der Waals surface area contributed by atoms with Crippen molar-refractivity contribution in [3.05, 3.63) is 59.9 Å². The molecular formula is C19H16F2N4O3. The number of halogens is 2. The van der Waals surface area contributed by atoms with Crippen molar-refractivity contribution in [2.24, 2.45) is 0 Å². The molecule has 0 spiro atoms. The molecule has 1 aromatic carbocycles. The third-order valence-corrected chi connectivity index (χ3v) is 4.46. The second kappa shape index (κ2) is 6.91. The van der Waals surface area contributed by atoms with Crippen molar-refractivity contribution < 1.29 is 22.8 Å². The van der Waals surface area contributed by atoms with Gasteiger partial charge in [0.2, 0.25) is 5.91 Å². The minimum absolute atomic E-state index is 0.196. The molecule has 3 N–H and O–H groups in total. The van der Waals surface area contributed by atoms with Gasteiger partial charge in [-0.05, 0) is 42.7 Å². The average molecular weight is 386 g/mol. The molecule has 2 heterocycles. The molecular weight excluding hydrogens is 370 g/mol. The fourth-order valence-electron chi connectivity index (χ4n) is 2.92. The first kappa shape index (κ1) is 17.9. The number of hydrogen-bond acceptors (Lipinski definition) is 4. The molecule has 7 nitrogen and oxygen atoms in total. The van der Waals surface area contributed by atoms with E-state index in [9.17, 15) is 18.4 Å². The molecule has 0 saturated heterocycles. The summed E-state index contributed by atoms with van der Waals surface area (Å²) < 4.78 is 31.8. The average Bonchev–Trinajstić information content (AvgIpc) is 3.04. The maximum absolute atomic E-state index is 13.3. The molecule has 0 bridgehead atoms. The van der Waals surface area contributed by atoms with Gasteiger partial charge in [-0.3, -0.25) is 14.7 Å². The number of amides is 2. The summed E-state index contributed by atoms with van der Waals surface area (Å²) in [7, 11) is 0. The van der Waals surface area contributed by atoms with E-state index in [1.165, 1.54) is 6.26 Å². The molecule has 1 saturated carbocycles. The van der Waals surface area contributed by atoms with Gasteiger partial charge in [-0.15, -0.1) is 0 Å². The van der Waals surface area contributed by atoms with Crippen LogP contribution in [0.25, 0.3) is 11.5 Å². The summed E-state index contributed by atoms with van der Waals surface area (Å²) in [5, 5.41) is 12.1. The standard InChI is InChI=1S/C19H16F2N4O3/c20-12-6-11(7-13(21)9-12)8-17(26)23-19(3-4-19)18(27)22-16-10-14(24-25-16)15-2-1-5-28-15/h1-2,5-7,9-10H,3-4,8H2,(H,23,26)(H2,22,24,25,27). The van der Waals surface area contributed by atoms with Crippen LogP contribution in [0.15, 0.2) is 47.1 Å². The molecule has 4 rings (SSSR count). The zero-order valence-corrected chi connectivity index (χ0v) is 14.6. The number of hydrogen-bond donors (Lipinski definition) is 3. The van der Waals surface area contributed by atoms with Crippen molar-refractivity contribution in [1.82, 2.24) is 15.5 Å². The Bertz CT molecular complexity index is 1010. The number of aromatic amines is 1. The van der Waals surface area contributed by atoms with Gasteiger partial charge in [-0.1, -0.05) is 0 Å². The maximum Gasteiger partial charge on any atom is 0.251 e. The Hall–Kier alpha value is -3.49. The number of H-pyrrole nitrogens is 1. The summed E-state index contributed by atoms with van der Waals surface area (Å²) in [5.41, 5.74) is -0.240. The lowest BCUT2D eigenvalue weighted by Gasteiger charge is -2.16. The number of carbonyl (C=O) groups excluding carboxylic acids is 2.